The van der Waals surface area contributed by atoms with Gasteiger partial charge in [-0.05, 0) is 25.0 Å². The van der Waals surface area contributed by atoms with Gasteiger partial charge in [0.1, 0.15) is 23.2 Å². The molecule has 0 saturated heterocycles. The molecule has 136 valence electrons. The number of carbonyl (C=O) groups is 1. The average molecular weight is 355 g/mol. The molecule has 3 rings (SSSR count). The van der Waals surface area contributed by atoms with Gasteiger partial charge in [0.15, 0.2) is 0 Å². The van der Waals surface area contributed by atoms with Crippen LogP contribution in [0.15, 0.2) is 39.8 Å². The van der Waals surface area contributed by atoms with Crippen molar-refractivity contribution in [3.63, 3.8) is 0 Å². The number of rotatable bonds is 5. The first kappa shape index (κ1) is 17.7. The fourth-order valence-electron chi connectivity index (χ4n) is 2.83. The van der Waals surface area contributed by atoms with Gasteiger partial charge in [0.2, 0.25) is 5.71 Å². The van der Waals surface area contributed by atoms with E-state index in [1.807, 2.05) is 13.8 Å². The largest absolute Gasteiger partial charge is 0.497 e. The summed E-state index contributed by atoms with van der Waals surface area (Å²) in [5, 5.41) is 2.98. The van der Waals surface area contributed by atoms with Gasteiger partial charge in [0.05, 0.1) is 12.7 Å². The maximum atomic E-state index is 12.8. The van der Waals surface area contributed by atoms with E-state index in [9.17, 15) is 9.59 Å². The molecule has 1 amide bonds. The molecule has 0 aliphatic rings. The van der Waals surface area contributed by atoms with Crippen molar-refractivity contribution < 1.29 is 13.9 Å². The Kier molecular flexibility index (Phi) is 4.79. The van der Waals surface area contributed by atoms with E-state index in [4.69, 9.17) is 9.15 Å². The van der Waals surface area contributed by atoms with Gasteiger partial charge in [-0.15, -0.1) is 0 Å². The molecular formula is C19H21N3O4. The van der Waals surface area contributed by atoms with Gasteiger partial charge >= 0.3 is 0 Å². The van der Waals surface area contributed by atoms with Crippen molar-refractivity contribution in [1.82, 2.24) is 9.55 Å². The quantitative estimate of drug-likeness (QED) is 0.759. The van der Waals surface area contributed by atoms with E-state index in [0.29, 0.717) is 23.7 Å². The lowest BCUT2D eigenvalue weighted by atomic mass is 10.1. The molecule has 0 bridgehead atoms. The molecule has 26 heavy (non-hydrogen) atoms. The van der Waals surface area contributed by atoms with Gasteiger partial charge < -0.3 is 14.5 Å². The lowest BCUT2D eigenvalue weighted by Crippen LogP contribution is -2.24. The van der Waals surface area contributed by atoms with Gasteiger partial charge in [-0.3, -0.25) is 14.2 Å². The zero-order valence-electron chi connectivity index (χ0n) is 15.2. The number of amides is 1. The summed E-state index contributed by atoms with van der Waals surface area (Å²) in [6.45, 7) is 6.18. The van der Waals surface area contributed by atoms with Gasteiger partial charge in [-0.25, -0.2) is 4.98 Å². The molecule has 7 nitrogen and oxygen atoms in total. The molecule has 0 atom stereocenters. The highest BCUT2D eigenvalue weighted by atomic mass is 16.5. The third-order valence-corrected chi connectivity index (χ3v) is 3.97. The van der Waals surface area contributed by atoms with Crippen LogP contribution in [0.2, 0.25) is 0 Å². The van der Waals surface area contributed by atoms with Crippen LogP contribution >= 0.6 is 0 Å². The van der Waals surface area contributed by atoms with Crippen LogP contribution in [-0.2, 0) is 6.54 Å². The number of ether oxygens (including phenoxy) is 1. The van der Waals surface area contributed by atoms with Gasteiger partial charge in [-0.1, -0.05) is 19.9 Å². The van der Waals surface area contributed by atoms with Gasteiger partial charge in [0.25, 0.3) is 11.5 Å². The molecular weight excluding hydrogens is 334 g/mol. The van der Waals surface area contributed by atoms with E-state index in [2.05, 4.69) is 10.3 Å². The average Bonchev–Trinajstić information content (AvgIpc) is 2.94. The highest BCUT2D eigenvalue weighted by molar-refractivity contribution is 6.12. The van der Waals surface area contributed by atoms with Crippen molar-refractivity contribution in [2.75, 3.05) is 12.4 Å². The monoisotopic (exact) mass is 355 g/mol. The second-order valence-corrected chi connectivity index (χ2v) is 6.50. The maximum absolute atomic E-state index is 12.8. The van der Waals surface area contributed by atoms with Gasteiger partial charge in [0, 0.05) is 18.3 Å². The summed E-state index contributed by atoms with van der Waals surface area (Å²) in [6, 6.07) is 6.99. The number of benzene rings is 1. The molecule has 0 saturated carbocycles. The molecule has 0 aliphatic carbocycles. The Labute approximate surface area is 150 Å². The zero-order chi connectivity index (χ0) is 18.8. The summed E-state index contributed by atoms with van der Waals surface area (Å²) in [5.74, 6) is 0.828. The van der Waals surface area contributed by atoms with Crippen LogP contribution < -0.4 is 15.6 Å². The van der Waals surface area contributed by atoms with Crippen LogP contribution in [0.25, 0.3) is 11.1 Å². The van der Waals surface area contributed by atoms with Crippen molar-refractivity contribution in [3.8, 4) is 5.75 Å². The summed E-state index contributed by atoms with van der Waals surface area (Å²) >= 11 is 0. The molecule has 7 heteroatoms. The molecule has 0 fully saturated rings. The minimum atomic E-state index is -0.421. The standard InChI is InChI=1S/C19H21N3O4/c1-11(2)9-22-10-20-18-16(19(22)24)15(12(3)26-18)17(23)21-13-6-5-7-14(8-13)25-4/h5-8,10-11H,9H2,1-4H3,(H,21,23). The molecule has 0 aliphatic heterocycles. The van der Waals surface area contributed by atoms with E-state index >= 15 is 0 Å². The number of hydrogen-bond donors (Lipinski definition) is 1. The molecule has 1 aromatic carbocycles. The third kappa shape index (κ3) is 3.33. The Hall–Kier alpha value is -3.09. The van der Waals surface area contributed by atoms with Crippen LogP contribution in [0, 0.1) is 12.8 Å². The highest BCUT2D eigenvalue weighted by Gasteiger charge is 2.23. The molecule has 2 heterocycles. The second kappa shape index (κ2) is 7.03. The fraction of sp³-hybridized carbons (Fsp3) is 0.316. The fourth-order valence-corrected chi connectivity index (χ4v) is 2.83. The second-order valence-electron chi connectivity index (χ2n) is 6.50. The first-order valence-electron chi connectivity index (χ1n) is 8.34. The number of hydrogen-bond acceptors (Lipinski definition) is 5. The van der Waals surface area contributed by atoms with E-state index in [1.165, 1.54) is 10.9 Å². The summed E-state index contributed by atoms with van der Waals surface area (Å²) in [5.41, 5.74) is 0.660. The van der Waals surface area contributed by atoms with Crippen molar-refractivity contribution >= 4 is 22.7 Å². The Morgan fingerprint density at radius 1 is 1.38 bits per heavy atom. The third-order valence-electron chi connectivity index (χ3n) is 3.97. The molecule has 2 aromatic heterocycles. The maximum Gasteiger partial charge on any atom is 0.265 e. The van der Waals surface area contributed by atoms with E-state index in [-0.39, 0.29) is 28.1 Å². The van der Waals surface area contributed by atoms with E-state index in [0.717, 1.165) is 0 Å². The number of anilines is 1. The van der Waals surface area contributed by atoms with Crippen LogP contribution in [0.1, 0.15) is 30.0 Å². The number of methoxy groups -OCH3 is 1. The number of aromatic nitrogens is 2. The topological polar surface area (TPSA) is 86.4 Å². The normalized spacial score (nSPS) is 11.1. The minimum absolute atomic E-state index is 0.170. The predicted molar refractivity (Wildman–Crippen MR) is 98.8 cm³/mol. The molecule has 0 spiro atoms. The Bertz CT molecular complexity index is 1020. The van der Waals surface area contributed by atoms with Crippen LogP contribution in [0.4, 0.5) is 5.69 Å². The Morgan fingerprint density at radius 3 is 2.85 bits per heavy atom. The van der Waals surface area contributed by atoms with E-state index < -0.39 is 5.91 Å². The highest BCUT2D eigenvalue weighted by Crippen LogP contribution is 2.23. The van der Waals surface area contributed by atoms with Gasteiger partial charge in [-0.2, -0.15) is 0 Å². The first-order chi connectivity index (χ1) is 12.4. The number of carbonyl (C=O) groups excluding carboxylic acids is 1. The molecule has 0 radical (unpaired) electrons. The van der Waals surface area contributed by atoms with Crippen LogP contribution in [-0.4, -0.2) is 22.6 Å². The van der Waals surface area contributed by atoms with Crippen molar-refractivity contribution in [1.29, 1.82) is 0 Å². The van der Waals surface area contributed by atoms with Crippen LogP contribution in [0.5, 0.6) is 5.75 Å². The summed E-state index contributed by atoms with van der Waals surface area (Å²) < 4.78 is 12.2. The van der Waals surface area contributed by atoms with Crippen molar-refractivity contribution in [3.05, 3.63) is 52.3 Å². The minimum Gasteiger partial charge on any atom is -0.497 e. The number of nitrogens with zero attached hydrogens (tertiary/aromatic N) is 2. The lowest BCUT2D eigenvalue weighted by Gasteiger charge is -2.08. The number of fused-ring (bicyclic) bond motifs is 1. The van der Waals surface area contributed by atoms with Crippen molar-refractivity contribution in [2.45, 2.75) is 27.3 Å². The SMILES string of the molecule is COc1cccc(NC(=O)c2c(C)oc3ncn(CC(C)C)c(=O)c23)c1. The van der Waals surface area contributed by atoms with Crippen molar-refractivity contribution in [2.24, 2.45) is 5.92 Å². The predicted octanol–water partition coefficient (Wildman–Crippen LogP) is 3.21. The van der Waals surface area contributed by atoms with E-state index in [1.54, 1.807) is 38.3 Å². The Balaban J connectivity index is 2.04. The zero-order valence-corrected chi connectivity index (χ0v) is 15.2. The lowest BCUT2D eigenvalue weighted by molar-refractivity contribution is 0.102. The van der Waals surface area contributed by atoms with Crippen LogP contribution in [0.3, 0.4) is 0 Å². The first-order valence-corrected chi connectivity index (χ1v) is 8.34. The smallest absolute Gasteiger partial charge is 0.265 e. The summed E-state index contributed by atoms with van der Waals surface area (Å²) in [4.78, 5) is 29.8. The molecule has 3 aromatic rings. The number of aryl methyl sites for hydroxylation is 1. The summed E-state index contributed by atoms with van der Waals surface area (Å²) in [6.07, 6.45) is 1.46. The summed E-state index contributed by atoms with van der Waals surface area (Å²) in [7, 11) is 1.55. The molecule has 0 unspecified atom stereocenters. The number of nitrogens with one attached hydrogen (secondary N) is 1. The number of furan rings is 1. The Morgan fingerprint density at radius 2 is 2.15 bits per heavy atom. The molecule has 1 N–H and O–H groups in total.